The van der Waals surface area contributed by atoms with E-state index in [0.29, 0.717) is 18.0 Å². The molecular weight excluding hydrogens is 380 g/mol. The van der Waals surface area contributed by atoms with Gasteiger partial charge in [0, 0.05) is 29.2 Å². The maximum absolute atomic E-state index is 13.3. The summed E-state index contributed by atoms with van der Waals surface area (Å²) in [5.74, 6) is 0.477. The van der Waals surface area contributed by atoms with Crippen LogP contribution in [0.1, 0.15) is 26.3 Å². The van der Waals surface area contributed by atoms with Gasteiger partial charge < -0.3 is 5.32 Å². The number of benzene rings is 2. The first-order valence-corrected chi connectivity index (χ1v) is 11.3. The van der Waals surface area contributed by atoms with Crippen LogP contribution in [-0.4, -0.2) is 30.4 Å². The van der Waals surface area contributed by atoms with Crippen LogP contribution in [0.2, 0.25) is 0 Å². The first-order chi connectivity index (χ1) is 12.8. The molecule has 2 aromatic carbocycles. The molecule has 2 aromatic rings. The lowest BCUT2D eigenvalue weighted by molar-refractivity contribution is -0.118. The van der Waals surface area contributed by atoms with E-state index >= 15 is 0 Å². The smallest absolute Gasteiger partial charge is 0.243 e. The summed E-state index contributed by atoms with van der Waals surface area (Å²) in [6.07, 6.45) is 0. The molecule has 0 spiro atoms. The number of carbonyl (C=O) groups excluding carboxylic acids is 1. The Kier molecular flexibility index (Phi) is 5.93. The van der Waals surface area contributed by atoms with E-state index in [1.165, 1.54) is 4.31 Å². The van der Waals surface area contributed by atoms with Crippen molar-refractivity contribution in [1.29, 1.82) is 0 Å². The van der Waals surface area contributed by atoms with E-state index in [1.807, 2.05) is 51.1 Å². The molecule has 1 amide bonds. The fourth-order valence-electron chi connectivity index (χ4n) is 2.88. The average molecular weight is 405 g/mol. The highest BCUT2D eigenvalue weighted by Gasteiger charge is 2.29. The summed E-state index contributed by atoms with van der Waals surface area (Å²) in [4.78, 5) is 13.2. The van der Waals surface area contributed by atoms with Gasteiger partial charge in [-0.2, -0.15) is 4.31 Å². The van der Waals surface area contributed by atoms with Crippen LogP contribution in [0.25, 0.3) is 0 Å². The quantitative estimate of drug-likeness (QED) is 0.819. The summed E-state index contributed by atoms with van der Waals surface area (Å²) >= 11 is 1.57. The van der Waals surface area contributed by atoms with Crippen molar-refractivity contribution >= 4 is 33.4 Å². The van der Waals surface area contributed by atoms with Crippen molar-refractivity contribution in [3.63, 3.8) is 0 Å². The topological polar surface area (TPSA) is 66.5 Å². The van der Waals surface area contributed by atoms with Gasteiger partial charge in [0.1, 0.15) is 0 Å². The van der Waals surface area contributed by atoms with Crippen molar-refractivity contribution < 1.29 is 13.2 Å². The Bertz CT molecular complexity index is 927. The van der Waals surface area contributed by atoms with E-state index in [0.717, 1.165) is 10.5 Å². The second-order valence-corrected chi connectivity index (χ2v) is 9.94. The Morgan fingerprint density at radius 2 is 1.89 bits per heavy atom. The normalized spacial score (nSPS) is 17.5. The predicted molar refractivity (Wildman–Crippen MR) is 109 cm³/mol. The van der Waals surface area contributed by atoms with Crippen LogP contribution < -0.4 is 5.32 Å². The number of thioether (sulfide) groups is 1. The lowest BCUT2D eigenvalue weighted by Crippen LogP contribution is -2.36. The summed E-state index contributed by atoms with van der Waals surface area (Å²) in [5.41, 5.74) is 1.50. The fourth-order valence-corrected chi connectivity index (χ4v) is 5.55. The largest absolute Gasteiger partial charge is 0.325 e. The number of hydrogen-bond acceptors (Lipinski definition) is 4. The highest BCUT2D eigenvalue weighted by Crippen LogP contribution is 2.35. The first-order valence-electron chi connectivity index (χ1n) is 8.92. The van der Waals surface area contributed by atoms with Crippen LogP contribution in [-0.2, 0) is 21.4 Å². The Morgan fingerprint density at radius 3 is 2.56 bits per heavy atom. The number of nitrogens with zero attached hydrogens (tertiary/aromatic N) is 1. The molecule has 1 aliphatic heterocycles. The summed E-state index contributed by atoms with van der Waals surface area (Å²) in [7, 11) is -3.70. The monoisotopic (exact) mass is 404 g/mol. The van der Waals surface area contributed by atoms with E-state index in [-0.39, 0.29) is 22.8 Å². The predicted octanol–water partition coefficient (Wildman–Crippen LogP) is 3.97. The maximum Gasteiger partial charge on any atom is 0.243 e. The SMILES string of the molecule is CC(C)N(Cc1ccccc1)S(=O)(=O)c1ccc2c(c1)NC(=O)[C@H](C)CS2. The zero-order valence-corrected chi connectivity index (χ0v) is 17.3. The summed E-state index contributed by atoms with van der Waals surface area (Å²) in [6.45, 7) is 5.90. The van der Waals surface area contributed by atoms with E-state index < -0.39 is 10.0 Å². The minimum absolute atomic E-state index is 0.0826. The van der Waals surface area contributed by atoms with Crippen molar-refractivity contribution in [2.75, 3.05) is 11.1 Å². The zero-order valence-electron chi connectivity index (χ0n) is 15.7. The maximum atomic E-state index is 13.3. The molecule has 5 nitrogen and oxygen atoms in total. The van der Waals surface area contributed by atoms with E-state index in [2.05, 4.69) is 5.32 Å². The molecule has 0 bridgehead atoms. The number of rotatable bonds is 5. The van der Waals surface area contributed by atoms with E-state index in [4.69, 9.17) is 0 Å². The first kappa shape index (κ1) is 19.9. The van der Waals surface area contributed by atoms with Crippen molar-refractivity contribution in [1.82, 2.24) is 4.31 Å². The van der Waals surface area contributed by atoms with Crippen molar-refractivity contribution in [2.45, 2.75) is 43.1 Å². The van der Waals surface area contributed by atoms with Gasteiger partial charge in [-0.05, 0) is 37.6 Å². The Labute approximate surface area is 165 Å². The minimum Gasteiger partial charge on any atom is -0.325 e. The summed E-state index contributed by atoms with van der Waals surface area (Å²) in [6, 6.07) is 14.3. The molecule has 3 rings (SSSR count). The highest BCUT2D eigenvalue weighted by molar-refractivity contribution is 7.99. The van der Waals surface area contributed by atoms with E-state index in [9.17, 15) is 13.2 Å². The summed E-state index contributed by atoms with van der Waals surface area (Å²) in [5, 5.41) is 2.86. The van der Waals surface area contributed by atoms with E-state index in [1.54, 1.807) is 30.0 Å². The molecule has 0 saturated carbocycles. The molecule has 1 atom stereocenters. The molecule has 1 N–H and O–H groups in total. The standard InChI is InChI=1S/C20H24N2O3S2/c1-14(2)22(12-16-7-5-4-6-8-16)27(24,25)17-9-10-19-18(11-17)21-20(23)15(3)13-26-19/h4-11,14-15H,12-13H2,1-3H3,(H,21,23)/t15-/m1/s1. The molecular formula is C20H24N2O3S2. The van der Waals surface area contributed by atoms with Gasteiger partial charge in [-0.1, -0.05) is 37.3 Å². The van der Waals surface area contributed by atoms with Gasteiger partial charge in [0.25, 0.3) is 0 Å². The third kappa shape index (κ3) is 4.36. The molecule has 144 valence electrons. The van der Waals surface area contributed by atoms with Gasteiger partial charge in [-0.3, -0.25) is 4.79 Å². The van der Waals surface area contributed by atoms with Crippen LogP contribution >= 0.6 is 11.8 Å². The Morgan fingerprint density at radius 1 is 1.19 bits per heavy atom. The molecule has 1 heterocycles. The Hall–Kier alpha value is -1.83. The summed E-state index contributed by atoms with van der Waals surface area (Å²) < 4.78 is 28.1. The van der Waals surface area contributed by atoms with Gasteiger partial charge in [0.05, 0.1) is 10.6 Å². The molecule has 0 aromatic heterocycles. The molecule has 7 heteroatoms. The lowest BCUT2D eigenvalue weighted by atomic mass is 10.2. The molecule has 0 fully saturated rings. The van der Waals surface area contributed by atoms with Crippen LogP contribution in [0.3, 0.4) is 0 Å². The van der Waals surface area contributed by atoms with Crippen molar-refractivity contribution in [2.24, 2.45) is 5.92 Å². The number of sulfonamides is 1. The second kappa shape index (κ2) is 8.04. The van der Waals surface area contributed by atoms with Crippen LogP contribution in [0.15, 0.2) is 58.3 Å². The van der Waals surface area contributed by atoms with Gasteiger partial charge in [-0.15, -0.1) is 11.8 Å². The number of amides is 1. The van der Waals surface area contributed by atoms with Gasteiger partial charge in [0.15, 0.2) is 0 Å². The number of nitrogens with one attached hydrogen (secondary N) is 1. The fraction of sp³-hybridized carbons (Fsp3) is 0.350. The Balaban J connectivity index is 1.95. The van der Waals surface area contributed by atoms with Crippen molar-refractivity contribution in [3.05, 3.63) is 54.1 Å². The minimum atomic E-state index is -3.70. The van der Waals surface area contributed by atoms with Crippen LogP contribution in [0, 0.1) is 5.92 Å². The molecule has 0 saturated heterocycles. The van der Waals surface area contributed by atoms with Crippen molar-refractivity contribution in [3.8, 4) is 0 Å². The number of hydrogen-bond donors (Lipinski definition) is 1. The second-order valence-electron chi connectivity index (χ2n) is 6.99. The third-order valence-electron chi connectivity index (χ3n) is 4.51. The third-order valence-corrected chi connectivity index (χ3v) is 7.86. The number of fused-ring (bicyclic) bond motifs is 1. The van der Waals surface area contributed by atoms with Gasteiger partial charge in [0.2, 0.25) is 15.9 Å². The highest BCUT2D eigenvalue weighted by atomic mass is 32.2. The molecule has 0 radical (unpaired) electrons. The molecule has 0 unspecified atom stereocenters. The van der Waals surface area contributed by atoms with Gasteiger partial charge >= 0.3 is 0 Å². The molecule has 27 heavy (non-hydrogen) atoms. The molecule has 0 aliphatic carbocycles. The van der Waals surface area contributed by atoms with Crippen LogP contribution in [0.5, 0.6) is 0 Å². The lowest BCUT2D eigenvalue weighted by Gasteiger charge is -2.26. The molecule has 1 aliphatic rings. The van der Waals surface area contributed by atoms with Gasteiger partial charge in [-0.25, -0.2) is 8.42 Å². The number of anilines is 1. The number of carbonyl (C=O) groups is 1. The average Bonchev–Trinajstić information content (AvgIpc) is 2.78. The zero-order chi connectivity index (χ0) is 19.6. The van der Waals surface area contributed by atoms with Crippen LogP contribution in [0.4, 0.5) is 5.69 Å².